The number of hydrogen-bond acceptors (Lipinski definition) is 7. The fourth-order valence-electron chi connectivity index (χ4n) is 4.26. The maximum absolute atomic E-state index is 13.4. The molecular formula is C29H30N6O2. The summed E-state index contributed by atoms with van der Waals surface area (Å²) in [6.07, 6.45) is 1.72. The van der Waals surface area contributed by atoms with Gasteiger partial charge in [-0.05, 0) is 42.0 Å². The van der Waals surface area contributed by atoms with Gasteiger partial charge in [-0.25, -0.2) is 9.97 Å². The zero-order chi connectivity index (χ0) is 25.5. The van der Waals surface area contributed by atoms with Gasteiger partial charge in [-0.1, -0.05) is 48.5 Å². The third kappa shape index (κ3) is 6.49. The van der Waals surface area contributed by atoms with Crippen molar-refractivity contribution in [1.29, 1.82) is 0 Å². The molecule has 188 valence electrons. The van der Waals surface area contributed by atoms with Crippen LogP contribution in [0.1, 0.15) is 5.56 Å². The van der Waals surface area contributed by atoms with Crippen molar-refractivity contribution in [2.75, 3.05) is 48.8 Å². The van der Waals surface area contributed by atoms with Crippen LogP contribution >= 0.6 is 0 Å². The first-order chi connectivity index (χ1) is 18.1. The van der Waals surface area contributed by atoms with Crippen LogP contribution in [0.25, 0.3) is 11.3 Å². The van der Waals surface area contributed by atoms with E-state index < -0.39 is 0 Å². The molecule has 1 aliphatic heterocycles. The first-order valence-electron chi connectivity index (χ1n) is 12.3. The van der Waals surface area contributed by atoms with Gasteiger partial charge in [-0.15, -0.1) is 0 Å². The zero-order valence-corrected chi connectivity index (χ0v) is 20.6. The molecule has 1 aromatic heterocycles. The number of nitrogens with one attached hydrogen (secondary N) is 1. The number of nitrogens with zero attached hydrogens (tertiary/aromatic N) is 4. The molecule has 1 aliphatic rings. The van der Waals surface area contributed by atoms with Gasteiger partial charge in [0, 0.05) is 41.9 Å². The fourth-order valence-corrected chi connectivity index (χ4v) is 4.26. The molecule has 0 aliphatic carbocycles. The molecule has 0 unspecified atom stereocenters. The molecule has 1 amide bonds. The van der Waals surface area contributed by atoms with Gasteiger partial charge in [0.05, 0.1) is 32.0 Å². The minimum Gasteiger partial charge on any atom is -0.399 e. The lowest BCUT2D eigenvalue weighted by Gasteiger charge is -2.30. The van der Waals surface area contributed by atoms with Crippen LogP contribution in [0.3, 0.4) is 0 Å². The molecule has 3 aromatic carbocycles. The van der Waals surface area contributed by atoms with Crippen LogP contribution in [-0.2, 0) is 16.1 Å². The number of anilines is 4. The van der Waals surface area contributed by atoms with Crippen LogP contribution in [0.5, 0.6) is 0 Å². The summed E-state index contributed by atoms with van der Waals surface area (Å²) in [6, 6.07) is 27.3. The van der Waals surface area contributed by atoms with Crippen molar-refractivity contribution in [2.45, 2.75) is 6.54 Å². The van der Waals surface area contributed by atoms with Crippen molar-refractivity contribution in [3.8, 4) is 11.3 Å². The van der Waals surface area contributed by atoms with Crippen LogP contribution < -0.4 is 16.0 Å². The van der Waals surface area contributed by atoms with E-state index in [1.807, 2.05) is 89.8 Å². The minimum absolute atomic E-state index is 0.0640. The maximum Gasteiger partial charge on any atom is 0.241 e. The van der Waals surface area contributed by atoms with Crippen molar-refractivity contribution >= 4 is 28.9 Å². The van der Waals surface area contributed by atoms with Gasteiger partial charge in [0.1, 0.15) is 0 Å². The summed E-state index contributed by atoms with van der Waals surface area (Å²) in [5, 5.41) is 3.20. The van der Waals surface area contributed by atoms with E-state index >= 15 is 0 Å². The van der Waals surface area contributed by atoms with E-state index in [2.05, 4.69) is 20.2 Å². The molecule has 4 aromatic rings. The van der Waals surface area contributed by atoms with Crippen molar-refractivity contribution in [1.82, 2.24) is 14.9 Å². The van der Waals surface area contributed by atoms with E-state index in [4.69, 9.17) is 10.5 Å². The summed E-state index contributed by atoms with van der Waals surface area (Å²) in [6.45, 7) is 3.73. The van der Waals surface area contributed by atoms with Gasteiger partial charge in [0.2, 0.25) is 11.9 Å². The second-order valence-corrected chi connectivity index (χ2v) is 8.92. The lowest BCUT2D eigenvalue weighted by atomic mass is 10.1. The number of morpholine rings is 1. The lowest BCUT2D eigenvalue weighted by Crippen LogP contribution is -2.44. The predicted molar refractivity (Wildman–Crippen MR) is 146 cm³/mol. The Kier molecular flexibility index (Phi) is 7.69. The Labute approximate surface area is 216 Å². The highest BCUT2D eigenvalue weighted by molar-refractivity contribution is 5.95. The molecule has 37 heavy (non-hydrogen) atoms. The Hall–Kier alpha value is -4.27. The van der Waals surface area contributed by atoms with E-state index in [1.54, 1.807) is 6.20 Å². The number of nitrogen functional groups attached to an aromatic ring is 1. The molecule has 0 spiro atoms. The highest BCUT2D eigenvalue weighted by Gasteiger charge is 2.21. The molecular weight excluding hydrogens is 464 g/mol. The van der Waals surface area contributed by atoms with Crippen LogP contribution in [0.4, 0.5) is 23.0 Å². The topological polar surface area (TPSA) is 96.6 Å². The maximum atomic E-state index is 13.4. The number of carbonyl (C=O) groups is 1. The summed E-state index contributed by atoms with van der Waals surface area (Å²) >= 11 is 0. The first-order valence-corrected chi connectivity index (χ1v) is 12.3. The molecule has 0 bridgehead atoms. The first kappa shape index (κ1) is 24.4. The average Bonchev–Trinajstić information content (AvgIpc) is 2.93. The molecule has 8 heteroatoms. The van der Waals surface area contributed by atoms with Crippen molar-refractivity contribution < 1.29 is 9.53 Å². The summed E-state index contributed by atoms with van der Waals surface area (Å²) < 4.78 is 5.44. The van der Waals surface area contributed by atoms with Gasteiger partial charge >= 0.3 is 0 Å². The Morgan fingerprint density at radius 3 is 2.51 bits per heavy atom. The fraction of sp³-hybridized carbons (Fsp3) is 0.207. The SMILES string of the molecule is Nc1cccc(Nc2nccc(-c3ccc(N(Cc4ccccc4)C(=O)CN4CCOCC4)cc3)n2)c1. The predicted octanol–water partition coefficient (Wildman–Crippen LogP) is 4.33. The Morgan fingerprint density at radius 1 is 0.973 bits per heavy atom. The van der Waals surface area contributed by atoms with Gasteiger partial charge in [-0.2, -0.15) is 0 Å². The molecule has 0 saturated carbocycles. The van der Waals surface area contributed by atoms with E-state index in [0.717, 1.165) is 41.3 Å². The lowest BCUT2D eigenvalue weighted by molar-refractivity contribution is -0.120. The summed E-state index contributed by atoms with van der Waals surface area (Å²) in [4.78, 5) is 26.4. The average molecular weight is 495 g/mol. The zero-order valence-electron chi connectivity index (χ0n) is 20.6. The van der Waals surface area contributed by atoms with Gasteiger partial charge in [0.25, 0.3) is 0 Å². The molecule has 8 nitrogen and oxygen atoms in total. The standard InChI is InChI=1S/C29H30N6O2/c30-24-7-4-8-25(19-24)32-29-31-14-13-27(33-29)23-9-11-26(12-10-23)35(20-22-5-2-1-3-6-22)28(36)21-34-15-17-37-18-16-34/h1-14,19H,15-18,20-21,30H2,(H,31,32,33). The van der Waals surface area contributed by atoms with Crippen LogP contribution in [-0.4, -0.2) is 53.6 Å². The number of benzene rings is 3. The number of rotatable bonds is 8. The molecule has 1 saturated heterocycles. The normalized spacial score (nSPS) is 13.7. The largest absolute Gasteiger partial charge is 0.399 e. The van der Waals surface area contributed by atoms with E-state index in [1.165, 1.54) is 0 Å². The molecule has 3 N–H and O–H groups in total. The smallest absolute Gasteiger partial charge is 0.241 e. The molecule has 1 fully saturated rings. The number of amides is 1. The molecule has 2 heterocycles. The third-order valence-electron chi connectivity index (χ3n) is 6.22. The third-order valence-corrected chi connectivity index (χ3v) is 6.22. The van der Waals surface area contributed by atoms with Crippen LogP contribution in [0.2, 0.25) is 0 Å². The number of ether oxygens (including phenoxy) is 1. The summed E-state index contributed by atoms with van der Waals surface area (Å²) in [7, 11) is 0. The van der Waals surface area contributed by atoms with Gasteiger partial charge in [-0.3, -0.25) is 9.69 Å². The number of nitrogens with two attached hydrogens (primary N) is 1. The second-order valence-electron chi connectivity index (χ2n) is 8.92. The molecule has 5 rings (SSSR count). The van der Waals surface area contributed by atoms with E-state index in [-0.39, 0.29) is 5.91 Å². The Balaban J connectivity index is 1.35. The monoisotopic (exact) mass is 494 g/mol. The van der Waals surface area contributed by atoms with Crippen molar-refractivity contribution in [2.24, 2.45) is 0 Å². The van der Waals surface area contributed by atoms with Gasteiger partial charge in [0.15, 0.2) is 0 Å². The number of hydrogen-bond donors (Lipinski definition) is 2. The van der Waals surface area contributed by atoms with Gasteiger partial charge < -0.3 is 20.7 Å². The molecule has 0 radical (unpaired) electrons. The summed E-state index contributed by atoms with van der Waals surface area (Å²) in [5.41, 5.74) is 11.0. The van der Waals surface area contributed by atoms with Crippen LogP contribution in [0.15, 0.2) is 91.1 Å². The molecule has 0 atom stereocenters. The Bertz CT molecular complexity index is 1320. The summed E-state index contributed by atoms with van der Waals surface area (Å²) in [5.74, 6) is 0.549. The van der Waals surface area contributed by atoms with Crippen molar-refractivity contribution in [3.63, 3.8) is 0 Å². The highest BCUT2D eigenvalue weighted by Crippen LogP contribution is 2.25. The highest BCUT2D eigenvalue weighted by atomic mass is 16.5. The second kappa shape index (κ2) is 11.6. The number of aromatic nitrogens is 2. The quantitative estimate of drug-likeness (QED) is 0.352. The number of carbonyl (C=O) groups excluding carboxylic acids is 1. The van der Waals surface area contributed by atoms with Crippen molar-refractivity contribution in [3.05, 3.63) is 96.7 Å². The minimum atomic E-state index is 0.0640. The van der Waals surface area contributed by atoms with Crippen LogP contribution in [0, 0.1) is 0 Å². The van der Waals surface area contributed by atoms with E-state index in [0.29, 0.717) is 37.9 Å². The van der Waals surface area contributed by atoms with E-state index in [9.17, 15) is 4.79 Å². The Morgan fingerprint density at radius 2 is 1.76 bits per heavy atom.